The molecule has 1 fully saturated rings. The van der Waals surface area contributed by atoms with E-state index >= 15 is 0 Å². The molecule has 1 saturated carbocycles. The molecule has 0 amide bonds. The van der Waals surface area contributed by atoms with E-state index in [4.69, 9.17) is 5.84 Å². The van der Waals surface area contributed by atoms with E-state index < -0.39 is 17.7 Å². The van der Waals surface area contributed by atoms with Gasteiger partial charge in [-0.05, 0) is 37.3 Å². The minimum atomic E-state index is -0.502. The van der Waals surface area contributed by atoms with Gasteiger partial charge in [0.05, 0.1) is 6.04 Å². The molecule has 20 heavy (non-hydrogen) atoms. The monoisotopic (exact) mass is 282 g/mol. The Morgan fingerprint density at radius 1 is 1.10 bits per heavy atom. The predicted octanol–water partition coefficient (Wildman–Crippen LogP) is 4.14. The molecule has 0 bridgehead atoms. The van der Waals surface area contributed by atoms with E-state index in [9.17, 15) is 8.78 Å². The Kier molecular flexibility index (Phi) is 5.49. The maximum absolute atomic E-state index is 14.3. The van der Waals surface area contributed by atoms with Gasteiger partial charge < -0.3 is 0 Å². The van der Waals surface area contributed by atoms with E-state index in [2.05, 4.69) is 5.43 Å². The highest BCUT2D eigenvalue weighted by molar-refractivity contribution is 5.29. The van der Waals surface area contributed by atoms with E-state index in [-0.39, 0.29) is 11.5 Å². The zero-order valence-corrected chi connectivity index (χ0v) is 12.1. The SMILES string of the molecule is Cc1ccc(F)c(C(NN)C2CCCCCCC2)c1F. The number of aryl methyl sites for hydroxylation is 1. The second kappa shape index (κ2) is 7.14. The van der Waals surface area contributed by atoms with E-state index in [1.807, 2.05) is 0 Å². The lowest BCUT2D eigenvalue weighted by molar-refractivity contribution is 0.279. The average Bonchev–Trinajstić information content (AvgIpc) is 2.40. The predicted molar refractivity (Wildman–Crippen MR) is 77.0 cm³/mol. The van der Waals surface area contributed by atoms with Crippen molar-refractivity contribution < 1.29 is 8.78 Å². The van der Waals surface area contributed by atoms with Crippen LogP contribution in [0.4, 0.5) is 8.78 Å². The molecule has 1 unspecified atom stereocenters. The van der Waals surface area contributed by atoms with Gasteiger partial charge in [0.2, 0.25) is 0 Å². The Morgan fingerprint density at radius 3 is 2.30 bits per heavy atom. The summed E-state index contributed by atoms with van der Waals surface area (Å²) in [4.78, 5) is 0. The van der Waals surface area contributed by atoms with Crippen LogP contribution in [0.2, 0.25) is 0 Å². The topological polar surface area (TPSA) is 38.0 Å². The molecule has 0 saturated heterocycles. The minimum absolute atomic E-state index is 0.109. The first-order chi connectivity index (χ1) is 9.65. The van der Waals surface area contributed by atoms with Gasteiger partial charge in [0.15, 0.2) is 0 Å². The Labute approximate surface area is 119 Å². The van der Waals surface area contributed by atoms with Crippen LogP contribution in [0, 0.1) is 24.5 Å². The Hall–Kier alpha value is -1.00. The summed E-state index contributed by atoms with van der Waals surface area (Å²) in [5.74, 6) is 4.87. The van der Waals surface area contributed by atoms with Crippen LogP contribution in [0.3, 0.4) is 0 Å². The van der Waals surface area contributed by atoms with E-state index in [1.54, 1.807) is 6.92 Å². The third kappa shape index (κ3) is 3.36. The van der Waals surface area contributed by atoms with Crippen molar-refractivity contribution >= 4 is 0 Å². The molecule has 1 aromatic rings. The van der Waals surface area contributed by atoms with Crippen LogP contribution in [-0.2, 0) is 0 Å². The number of benzene rings is 1. The molecule has 0 spiro atoms. The largest absolute Gasteiger partial charge is 0.271 e. The van der Waals surface area contributed by atoms with Crippen LogP contribution in [-0.4, -0.2) is 0 Å². The third-order valence-electron chi connectivity index (χ3n) is 4.43. The summed E-state index contributed by atoms with van der Waals surface area (Å²) in [7, 11) is 0. The molecular weight excluding hydrogens is 258 g/mol. The zero-order valence-electron chi connectivity index (χ0n) is 12.1. The number of halogens is 2. The molecule has 0 heterocycles. The molecule has 1 aromatic carbocycles. The van der Waals surface area contributed by atoms with Crippen molar-refractivity contribution in [3.63, 3.8) is 0 Å². The fourth-order valence-corrected chi connectivity index (χ4v) is 3.24. The van der Waals surface area contributed by atoms with Gasteiger partial charge >= 0.3 is 0 Å². The maximum Gasteiger partial charge on any atom is 0.133 e. The van der Waals surface area contributed by atoms with Crippen LogP contribution < -0.4 is 11.3 Å². The van der Waals surface area contributed by atoms with E-state index in [1.165, 1.54) is 31.4 Å². The van der Waals surface area contributed by atoms with Gasteiger partial charge in [0.25, 0.3) is 0 Å². The Balaban J connectivity index is 2.28. The number of nitrogens with one attached hydrogen (secondary N) is 1. The molecule has 0 aromatic heterocycles. The number of hydrogen-bond acceptors (Lipinski definition) is 2. The zero-order chi connectivity index (χ0) is 14.5. The highest BCUT2D eigenvalue weighted by Crippen LogP contribution is 2.35. The fraction of sp³-hybridized carbons (Fsp3) is 0.625. The summed E-state index contributed by atoms with van der Waals surface area (Å²) in [5.41, 5.74) is 3.24. The van der Waals surface area contributed by atoms with Gasteiger partial charge in [-0.1, -0.05) is 38.2 Å². The lowest BCUT2D eigenvalue weighted by Crippen LogP contribution is -2.35. The lowest BCUT2D eigenvalue weighted by atomic mass is 9.82. The van der Waals surface area contributed by atoms with E-state index in [0.717, 1.165) is 25.7 Å². The molecule has 112 valence electrons. The second-order valence-corrected chi connectivity index (χ2v) is 5.84. The molecule has 1 aliphatic rings. The first-order valence-corrected chi connectivity index (χ1v) is 7.55. The van der Waals surface area contributed by atoms with Gasteiger partial charge in [-0.3, -0.25) is 11.3 Å². The van der Waals surface area contributed by atoms with E-state index in [0.29, 0.717) is 5.56 Å². The molecule has 0 aliphatic heterocycles. The molecule has 0 radical (unpaired) electrons. The second-order valence-electron chi connectivity index (χ2n) is 5.84. The van der Waals surface area contributed by atoms with Crippen molar-refractivity contribution in [2.45, 2.75) is 57.9 Å². The summed E-state index contributed by atoms with van der Waals surface area (Å²) >= 11 is 0. The molecule has 3 N–H and O–H groups in total. The highest BCUT2D eigenvalue weighted by Gasteiger charge is 2.28. The van der Waals surface area contributed by atoms with Crippen LogP contribution >= 0.6 is 0 Å². The van der Waals surface area contributed by atoms with Crippen molar-refractivity contribution in [2.75, 3.05) is 0 Å². The molecule has 1 aliphatic carbocycles. The lowest BCUT2D eigenvalue weighted by Gasteiger charge is -2.29. The van der Waals surface area contributed by atoms with Crippen molar-refractivity contribution in [1.29, 1.82) is 0 Å². The van der Waals surface area contributed by atoms with Crippen LogP contribution in [0.5, 0.6) is 0 Å². The van der Waals surface area contributed by atoms with Crippen LogP contribution in [0.1, 0.15) is 62.1 Å². The van der Waals surface area contributed by atoms with Gasteiger partial charge in [-0.25, -0.2) is 8.78 Å². The normalized spacial score (nSPS) is 19.4. The van der Waals surface area contributed by atoms with Crippen molar-refractivity contribution in [1.82, 2.24) is 5.43 Å². The van der Waals surface area contributed by atoms with Crippen LogP contribution in [0.15, 0.2) is 12.1 Å². The van der Waals surface area contributed by atoms with Gasteiger partial charge in [0, 0.05) is 5.56 Å². The smallest absolute Gasteiger partial charge is 0.133 e. The highest BCUT2D eigenvalue weighted by atomic mass is 19.1. The molecular formula is C16H24F2N2. The number of hydrazine groups is 1. The van der Waals surface area contributed by atoms with Gasteiger partial charge in [0.1, 0.15) is 11.6 Å². The molecule has 1 atom stereocenters. The van der Waals surface area contributed by atoms with Crippen LogP contribution in [0.25, 0.3) is 0 Å². The quantitative estimate of drug-likeness (QED) is 0.646. The van der Waals surface area contributed by atoms with Crippen molar-refractivity contribution in [2.24, 2.45) is 11.8 Å². The third-order valence-corrected chi connectivity index (χ3v) is 4.43. The Bertz CT molecular complexity index is 440. The average molecular weight is 282 g/mol. The van der Waals surface area contributed by atoms with Gasteiger partial charge in [-0.15, -0.1) is 0 Å². The summed E-state index contributed by atoms with van der Waals surface area (Å²) in [6.45, 7) is 1.66. The summed E-state index contributed by atoms with van der Waals surface area (Å²) in [5, 5.41) is 0. The first-order valence-electron chi connectivity index (χ1n) is 7.55. The standard InChI is InChI=1S/C16H24F2N2/c1-11-9-10-13(17)14(15(11)18)16(20-19)12-7-5-3-2-4-6-8-12/h9-10,12,16,20H,2-8,19H2,1H3. The summed E-state index contributed by atoms with van der Waals surface area (Å²) in [6, 6.07) is 2.37. The van der Waals surface area contributed by atoms with Crippen molar-refractivity contribution in [3.05, 3.63) is 34.9 Å². The maximum atomic E-state index is 14.3. The van der Waals surface area contributed by atoms with Gasteiger partial charge in [-0.2, -0.15) is 0 Å². The summed E-state index contributed by atoms with van der Waals surface area (Å²) < 4.78 is 28.4. The minimum Gasteiger partial charge on any atom is -0.271 e. The number of nitrogens with two attached hydrogens (primary N) is 1. The molecule has 2 rings (SSSR count). The summed E-state index contributed by atoms with van der Waals surface area (Å²) in [6.07, 6.45) is 7.83. The van der Waals surface area contributed by atoms with Crippen molar-refractivity contribution in [3.8, 4) is 0 Å². The molecule has 2 nitrogen and oxygen atoms in total. The fourth-order valence-electron chi connectivity index (χ4n) is 3.24. The number of rotatable bonds is 3. The first kappa shape index (κ1) is 15.4. The Morgan fingerprint density at radius 2 is 1.70 bits per heavy atom. The molecule has 4 heteroatoms. The number of hydrogen-bond donors (Lipinski definition) is 2.